The Labute approximate surface area is 179 Å². The predicted molar refractivity (Wildman–Crippen MR) is 119 cm³/mol. The Balaban J connectivity index is 0.00000338. The average molecular weight is 496 g/mol. The van der Waals surface area contributed by atoms with Gasteiger partial charge in [-0.25, -0.2) is 0 Å². The van der Waals surface area contributed by atoms with Gasteiger partial charge in [-0.2, -0.15) is 0 Å². The highest BCUT2D eigenvalue weighted by atomic mass is 127. The number of aliphatic hydroxyl groups is 1. The average Bonchev–Trinajstić information content (AvgIpc) is 3.07. The van der Waals surface area contributed by atoms with Crippen molar-refractivity contribution in [1.29, 1.82) is 0 Å². The lowest BCUT2D eigenvalue weighted by atomic mass is 9.84. The van der Waals surface area contributed by atoms with Crippen molar-refractivity contribution in [1.82, 2.24) is 10.6 Å². The zero-order chi connectivity index (χ0) is 18.0. The quantitative estimate of drug-likeness (QED) is 0.213. The summed E-state index contributed by atoms with van der Waals surface area (Å²) in [6.07, 6.45) is 3.74. The Hall–Kier alpha value is -0.570. The standard InChI is InChI=1S/C19H30ClN3O2.HI/c1-2-21-18(23-14-19(9-12-24)10-13-25-15-19)22-11-3-4-16-5-7-17(20)8-6-16;/h5-8,24H,2-4,9-15H2,1H3,(H2,21,22,23);1H. The van der Waals surface area contributed by atoms with Crippen LogP contribution in [0.2, 0.25) is 5.02 Å². The Morgan fingerprint density at radius 3 is 2.69 bits per heavy atom. The number of rotatable bonds is 9. The highest BCUT2D eigenvalue weighted by molar-refractivity contribution is 14.0. The monoisotopic (exact) mass is 495 g/mol. The fourth-order valence-corrected chi connectivity index (χ4v) is 3.15. The first kappa shape index (κ1) is 23.5. The first-order chi connectivity index (χ1) is 12.2. The highest BCUT2D eigenvalue weighted by Gasteiger charge is 2.34. The van der Waals surface area contributed by atoms with Gasteiger partial charge in [0.15, 0.2) is 5.96 Å². The SMILES string of the molecule is CCNC(=NCC1(CCO)CCOC1)NCCCc1ccc(Cl)cc1.I. The van der Waals surface area contributed by atoms with Crippen LogP contribution in [0.1, 0.15) is 31.7 Å². The third-order valence-corrected chi connectivity index (χ3v) is 4.84. The molecule has 0 aromatic heterocycles. The maximum Gasteiger partial charge on any atom is 0.191 e. The van der Waals surface area contributed by atoms with Gasteiger partial charge < -0.3 is 20.5 Å². The van der Waals surface area contributed by atoms with Crippen molar-refractivity contribution in [3.8, 4) is 0 Å². The molecule has 1 aromatic rings. The maximum absolute atomic E-state index is 9.32. The first-order valence-electron chi connectivity index (χ1n) is 9.13. The van der Waals surface area contributed by atoms with E-state index in [1.807, 2.05) is 12.1 Å². The van der Waals surface area contributed by atoms with E-state index in [4.69, 9.17) is 21.3 Å². The molecule has 2 rings (SSSR count). The fraction of sp³-hybridized carbons (Fsp3) is 0.632. The van der Waals surface area contributed by atoms with Gasteiger partial charge in [0.25, 0.3) is 0 Å². The lowest BCUT2D eigenvalue weighted by Gasteiger charge is -2.24. The van der Waals surface area contributed by atoms with Crippen molar-refractivity contribution in [2.45, 2.75) is 32.6 Å². The summed E-state index contributed by atoms with van der Waals surface area (Å²) in [7, 11) is 0. The van der Waals surface area contributed by atoms with Gasteiger partial charge in [0.2, 0.25) is 0 Å². The van der Waals surface area contributed by atoms with Crippen molar-refractivity contribution in [3.05, 3.63) is 34.9 Å². The van der Waals surface area contributed by atoms with Crippen LogP contribution >= 0.6 is 35.6 Å². The van der Waals surface area contributed by atoms with Crippen LogP contribution in [0.4, 0.5) is 0 Å². The van der Waals surface area contributed by atoms with Crippen molar-refractivity contribution >= 4 is 41.5 Å². The summed E-state index contributed by atoms with van der Waals surface area (Å²) in [5, 5.41) is 16.8. The van der Waals surface area contributed by atoms with Gasteiger partial charge in [0, 0.05) is 36.7 Å². The molecule has 1 aromatic carbocycles. The number of guanidine groups is 1. The summed E-state index contributed by atoms with van der Waals surface area (Å²) >= 11 is 5.91. The highest BCUT2D eigenvalue weighted by Crippen LogP contribution is 2.32. The van der Waals surface area contributed by atoms with Crippen LogP contribution in [0.15, 0.2) is 29.3 Å². The molecule has 0 amide bonds. The maximum atomic E-state index is 9.32. The minimum absolute atomic E-state index is 0. The smallest absolute Gasteiger partial charge is 0.191 e. The van der Waals surface area contributed by atoms with Crippen LogP contribution in [0, 0.1) is 5.41 Å². The molecule has 1 saturated heterocycles. The molecule has 1 unspecified atom stereocenters. The first-order valence-corrected chi connectivity index (χ1v) is 9.50. The number of ether oxygens (including phenoxy) is 1. The topological polar surface area (TPSA) is 65.9 Å². The molecule has 1 atom stereocenters. The van der Waals surface area contributed by atoms with E-state index < -0.39 is 0 Å². The summed E-state index contributed by atoms with van der Waals surface area (Å²) < 4.78 is 5.53. The lowest BCUT2D eigenvalue weighted by molar-refractivity contribution is 0.131. The molecule has 26 heavy (non-hydrogen) atoms. The number of aliphatic hydroxyl groups excluding tert-OH is 1. The van der Waals surface area contributed by atoms with E-state index in [1.54, 1.807) is 0 Å². The van der Waals surface area contributed by atoms with E-state index in [9.17, 15) is 5.11 Å². The van der Waals surface area contributed by atoms with Crippen molar-refractivity contribution in [2.75, 3.05) is 39.5 Å². The number of hydrogen-bond donors (Lipinski definition) is 3. The molecule has 0 spiro atoms. The normalized spacial score (nSPS) is 19.9. The molecule has 7 heteroatoms. The molecule has 1 fully saturated rings. The van der Waals surface area contributed by atoms with Crippen LogP contribution in [-0.2, 0) is 11.2 Å². The van der Waals surface area contributed by atoms with Crippen molar-refractivity contribution in [2.24, 2.45) is 10.4 Å². The second-order valence-electron chi connectivity index (χ2n) is 6.63. The van der Waals surface area contributed by atoms with Gasteiger partial charge in [0.05, 0.1) is 13.2 Å². The molecule has 1 heterocycles. The van der Waals surface area contributed by atoms with Crippen LogP contribution in [0.3, 0.4) is 0 Å². The van der Waals surface area contributed by atoms with Gasteiger partial charge in [-0.05, 0) is 50.3 Å². The van der Waals surface area contributed by atoms with Gasteiger partial charge in [-0.3, -0.25) is 4.99 Å². The Morgan fingerprint density at radius 2 is 2.08 bits per heavy atom. The predicted octanol–water partition coefficient (Wildman–Crippen LogP) is 3.23. The molecular weight excluding hydrogens is 465 g/mol. The van der Waals surface area contributed by atoms with Crippen molar-refractivity contribution in [3.63, 3.8) is 0 Å². The number of benzene rings is 1. The second kappa shape index (κ2) is 12.8. The minimum Gasteiger partial charge on any atom is -0.396 e. The van der Waals surface area contributed by atoms with E-state index in [1.165, 1.54) is 5.56 Å². The van der Waals surface area contributed by atoms with E-state index in [-0.39, 0.29) is 36.0 Å². The lowest BCUT2D eigenvalue weighted by Crippen LogP contribution is -2.39. The third-order valence-electron chi connectivity index (χ3n) is 4.59. The summed E-state index contributed by atoms with van der Waals surface area (Å²) in [5.74, 6) is 0.836. The van der Waals surface area contributed by atoms with E-state index in [2.05, 4.69) is 29.7 Å². The van der Waals surface area contributed by atoms with Crippen LogP contribution in [0.5, 0.6) is 0 Å². The largest absolute Gasteiger partial charge is 0.396 e. The molecule has 5 nitrogen and oxygen atoms in total. The number of aliphatic imine (C=N–C) groups is 1. The number of hydrogen-bond acceptors (Lipinski definition) is 3. The molecule has 0 saturated carbocycles. The molecule has 148 valence electrons. The Morgan fingerprint density at radius 1 is 1.31 bits per heavy atom. The van der Waals surface area contributed by atoms with Crippen LogP contribution < -0.4 is 10.6 Å². The molecule has 0 aliphatic carbocycles. The van der Waals surface area contributed by atoms with Gasteiger partial charge in [-0.1, -0.05) is 23.7 Å². The van der Waals surface area contributed by atoms with E-state index in [0.717, 1.165) is 56.4 Å². The minimum atomic E-state index is -0.0135. The molecule has 1 aliphatic heterocycles. The number of aryl methyl sites for hydroxylation is 1. The molecule has 0 radical (unpaired) electrons. The van der Waals surface area contributed by atoms with Gasteiger partial charge in [-0.15, -0.1) is 24.0 Å². The third kappa shape index (κ3) is 7.98. The number of nitrogens with one attached hydrogen (secondary N) is 2. The van der Waals surface area contributed by atoms with E-state index >= 15 is 0 Å². The van der Waals surface area contributed by atoms with Gasteiger partial charge in [0.1, 0.15) is 0 Å². The molecule has 0 bridgehead atoms. The van der Waals surface area contributed by atoms with Crippen LogP contribution in [0.25, 0.3) is 0 Å². The van der Waals surface area contributed by atoms with Crippen molar-refractivity contribution < 1.29 is 9.84 Å². The number of nitrogens with zero attached hydrogens (tertiary/aromatic N) is 1. The number of halogens is 2. The molecule has 3 N–H and O–H groups in total. The summed E-state index contributed by atoms with van der Waals surface area (Å²) in [6, 6.07) is 8.00. The zero-order valence-electron chi connectivity index (χ0n) is 15.5. The zero-order valence-corrected chi connectivity index (χ0v) is 18.6. The molecule has 1 aliphatic rings. The molecular formula is C19H31ClIN3O2. The Kier molecular flexibility index (Phi) is 11.5. The summed E-state index contributed by atoms with van der Waals surface area (Å²) in [5.41, 5.74) is 1.28. The summed E-state index contributed by atoms with van der Waals surface area (Å²) in [4.78, 5) is 4.73. The second-order valence-corrected chi connectivity index (χ2v) is 7.06. The van der Waals surface area contributed by atoms with E-state index in [0.29, 0.717) is 13.2 Å². The summed E-state index contributed by atoms with van der Waals surface area (Å²) in [6.45, 7) is 6.06. The Bertz CT molecular complexity index is 534. The van der Waals surface area contributed by atoms with Crippen LogP contribution in [-0.4, -0.2) is 50.5 Å². The van der Waals surface area contributed by atoms with Gasteiger partial charge >= 0.3 is 0 Å². The fourth-order valence-electron chi connectivity index (χ4n) is 3.03.